The second-order valence-corrected chi connectivity index (χ2v) is 5.30. The van der Waals surface area contributed by atoms with Crippen LogP contribution in [0.3, 0.4) is 0 Å². The van der Waals surface area contributed by atoms with Crippen LogP contribution < -0.4 is 5.32 Å². The number of benzene rings is 2. The van der Waals surface area contributed by atoms with E-state index in [1.807, 2.05) is 25.1 Å². The average Bonchev–Trinajstić information content (AvgIpc) is 2.46. The molecule has 0 amide bonds. The minimum Gasteiger partial charge on any atom is -0.381 e. The van der Waals surface area contributed by atoms with Crippen molar-refractivity contribution >= 4 is 17.3 Å². The molecule has 0 heterocycles. The Morgan fingerprint density at radius 1 is 1.15 bits per heavy atom. The van der Waals surface area contributed by atoms with Gasteiger partial charge in [-0.05, 0) is 60.7 Å². The minimum atomic E-state index is -0.191. The van der Waals surface area contributed by atoms with Gasteiger partial charge in [0, 0.05) is 18.1 Å². The molecule has 0 radical (unpaired) electrons. The summed E-state index contributed by atoms with van der Waals surface area (Å²) in [6.07, 6.45) is 1.96. The molecule has 0 aliphatic heterocycles. The van der Waals surface area contributed by atoms with E-state index >= 15 is 0 Å². The Bertz CT molecular complexity index is 569. The highest BCUT2D eigenvalue weighted by atomic mass is 35.5. The van der Waals surface area contributed by atoms with Crippen LogP contribution in [0.2, 0.25) is 0 Å². The summed E-state index contributed by atoms with van der Waals surface area (Å²) in [6, 6.07) is 13.2. The highest BCUT2D eigenvalue weighted by Gasteiger charge is 2.01. The van der Waals surface area contributed by atoms with E-state index in [2.05, 4.69) is 17.4 Å². The predicted molar refractivity (Wildman–Crippen MR) is 83.9 cm³/mol. The van der Waals surface area contributed by atoms with Crippen molar-refractivity contribution in [3.8, 4) is 0 Å². The number of nitrogens with one attached hydrogen (secondary N) is 1. The second-order valence-electron chi connectivity index (χ2n) is 4.92. The van der Waals surface area contributed by atoms with E-state index in [9.17, 15) is 4.39 Å². The molecule has 2 aromatic rings. The quantitative estimate of drug-likeness (QED) is 0.745. The Morgan fingerprint density at radius 3 is 2.80 bits per heavy atom. The number of hydrogen-bond acceptors (Lipinski definition) is 1. The van der Waals surface area contributed by atoms with Gasteiger partial charge in [-0.1, -0.05) is 18.2 Å². The molecular formula is C17H19ClFN. The molecule has 0 spiro atoms. The van der Waals surface area contributed by atoms with Crippen LogP contribution in [0.15, 0.2) is 42.5 Å². The first-order chi connectivity index (χ1) is 9.69. The van der Waals surface area contributed by atoms with Gasteiger partial charge >= 0.3 is 0 Å². The van der Waals surface area contributed by atoms with E-state index in [0.717, 1.165) is 29.7 Å². The lowest BCUT2D eigenvalue weighted by atomic mass is 10.1. The van der Waals surface area contributed by atoms with Gasteiger partial charge in [0.2, 0.25) is 0 Å². The van der Waals surface area contributed by atoms with E-state index in [0.29, 0.717) is 12.4 Å². The Hall–Kier alpha value is -1.54. The maximum absolute atomic E-state index is 13.2. The lowest BCUT2D eigenvalue weighted by Gasteiger charge is -2.10. The maximum atomic E-state index is 13.2. The van der Waals surface area contributed by atoms with Crippen molar-refractivity contribution in [1.29, 1.82) is 0 Å². The normalized spacial score (nSPS) is 10.6. The third kappa shape index (κ3) is 4.24. The Morgan fingerprint density at radius 2 is 2.00 bits per heavy atom. The van der Waals surface area contributed by atoms with Crippen LogP contribution >= 0.6 is 11.6 Å². The highest BCUT2D eigenvalue weighted by molar-refractivity contribution is 6.17. The summed E-state index contributed by atoms with van der Waals surface area (Å²) in [4.78, 5) is 0. The number of aryl methyl sites for hydroxylation is 2. The van der Waals surface area contributed by atoms with Gasteiger partial charge < -0.3 is 5.32 Å². The van der Waals surface area contributed by atoms with Crippen molar-refractivity contribution < 1.29 is 4.39 Å². The van der Waals surface area contributed by atoms with Crippen molar-refractivity contribution in [3.05, 3.63) is 65.0 Å². The molecular weight excluding hydrogens is 273 g/mol. The van der Waals surface area contributed by atoms with E-state index in [4.69, 9.17) is 11.6 Å². The smallest absolute Gasteiger partial charge is 0.123 e. The van der Waals surface area contributed by atoms with Crippen LogP contribution in [0.4, 0.5) is 10.1 Å². The van der Waals surface area contributed by atoms with Crippen LogP contribution in [0.1, 0.15) is 23.1 Å². The lowest BCUT2D eigenvalue weighted by molar-refractivity contribution is 0.625. The molecule has 1 N–H and O–H groups in total. The van der Waals surface area contributed by atoms with Crippen molar-refractivity contribution in [2.75, 3.05) is 11.2 Å². The number of alkyl halides is 1. The molecule has 2 aromatic carbocycles. The monoisotopic (exact) mass is 291 g/mol. The molecule has 0 atom stereocenters. The molecule has 0 aromatic heterocycles. The first-order valence-corrected chi connectivity index (χ1v) is 7.36. The van der Waals surface area contributed by atoms with E-state index in [1.165, 1.54) is 11.6 Å². The first kappa shape index (κ1) is 14.9. The van der Waals surface area contributed by atoms with Crippen LogP contribution in [0.5, 0.6) is 0 Å². The van der Waals surface area contributed by atoms with Crippen LogP contribution in [0.25, 0.3) is 0 Å². The van der Waals surface area contributed by atoms with Crippen molar-refractivity contribution in [1.82, 2.24) is 0 Å². The fraction of sp³-hybridized carbons (Fsp3) is 0.294. The summed E-state index contributed by atoms with van der Waals surface area (Å²) in [5.74, 6) is 0.489. The first-order valence-electron chi connectivity index (χ1n) is 6.83. The molecule has 0 bridgehead atoms. The third-order valence-corrected chi connectivity index (χ3v) is 3.59. The molecule has 2 rings (SSSR count). The fourth-order valence-corrected chi connectivity index (χ4v) is 2.27. The van der Waals surface area contributed by atoms with Gasteiger partial charge in [0.05, 0.1) is 0 Å². The summed E-state index contributed by atoms with van der Waals surface area (Å²) in [5.41, 5.74) is 4.40. The summed E-state index contributed by atoms with van der Waals surface area (Å²) in [5, 5.41) is 3.35. The molecule has 0 unspecified atom stereocenters. The number of halogens is 2. The zero-order valence-corrected chi connectivity index (χ0v) is 12.4. The molecule has 0 saturated carbocycles. The summed E-state index contributed by atoms with van der Waals surface area (Å²) in [7, 11) is 0. The molecule has 0 fully saturated rings. The zero-order valence-electron chi connectivity index (χ0n) is 11.6. The number of hydrogen-bond donors (Lipinski definition) is 1. The third-order valence-electron chi connectivity index (χ3n) is 3.32. The molecule has 20 heavy (non-hydrogen) atoms. The van der Waals surface area contributed by atoms with Crippen LogP contribution in [-0.2, 0) is 13.0 Å². The SMILES string of the molecule is Cc1ccc(F)cc1CNc1cccc(CCCCl)c1. The maximum Gasteiger partial charge on any atom is 0.123 e. The van der Waals surface area contributed by atoms with Crippen LogP contribution in [-0.4, -0.2) is 5.88 Å². The molecule has 0 aliphatic carbocycles. The molecule has 106 valence electrons. The van der Waals surface area contributed by atoms with E-state index in [-0.39, 0.29) is 5.82 Å². The van der Waals surface area contributed by atoms with Gasteiger partial charge in [-0.2, -0.15) is 0 Å². The summed E-state index contributed by atoms with van der Waals surface area (Å²) in [6.45, 7) is 2.62. The Balaban J connectivity index is 2.01. The predicted octanol–water partition coefficient (Wildman–Crippen LogP) is 4.92. The lowest BCUT2D eigenvalue weighted by Crippen LogP contribution is -2.02. The van der Waals surface area contributed by atoms with Crippen LogP contribution in [0, 0.1) is 12.7 Å². The fourth-order valence-electron chi connectivity index (χ4n) is 2.14. The van der Waals surface area contributed by atoms with Crippen molar-refractivity contribution in [2.24, 2.45) is 0 Å². The summed E-state index contributed by atoms with van der Waals surface area (Å²) < 4.78 is 13.2. The summed E-state index contributed by atoms with van der Waals surface area (Å²) >= 11 is 5.71. The largest absolute Gasteiger partial charge is 0.381 e. The number of anilines is 1. The second kappa shape index (κ2) is 7.30. The topological polar surface area (TPSA) is 12.0 Å². The molecule has 0 aliphatic rings. The van der Waals surface area contributed by atoms with Crippen molar-refractivity contribution in [2.45, 2.75) is 26.3 Å². The number of rotatable bonds is 6. The Kier molecular flexibility index (Phi) is 5.42. The zero-order chi connectivity index (χ0) is 14.4. The van der Waals surface area contributed by atoms with Gasteiger partial charge in [0.25, 0.3) is 0 Å². The molecule has 3 heteroatoms. The van der Waals surface area contributed by atoms with Gasteiger partial charge in [0.1, 0.15) is 5.82 Å². The Labute approximate surface area is 124 Å². The van der Waals surface area contributed by atoms with E-state index in [1.54, 1.807) is 6.07 Å². The molecule has 0 saturated heterocycles. The molecule has 1 nitrogen and oxygen atoms in total. The van der Waals surface area contributed by atoms with Gasteiger partial charge in [-0.15, -0.1) is 11.6 Å². The average molecular weight is 292 g/mol. The van der Waals surface area contributed by atoms with E-state index < -0.39 is 0 Å². The van der Waals surface area contributed by atoms with Gasteiger partial charge in [-0.25, -0.2) is 4.39 Å². The standard InChI is InChI=1S/C17H19ClFN/c1-13-7-8-16(19)11-15(13)12-20-17-6-2-4-14(10-17)5-3-9-18/h2,4,6-8,10-11,20H,3,5,9,12H2,1H3. The van der Waals surface area contributed by atoms with Gasteiger partial charge in [-0.3, -0.25) is 0 Å². The van der Waals surface area contributed by atoms with Gasteiger partial charge in [0.15, 0.2) is 0 Å². The van der Waals surface area contributed by atoms with Crippen molar-refractivity contribution in [3.63, 3.8) is 0 Å². The highest BCUT2D eigenvalue weighted by Crippen LogP contribution is 2.16. The minimum absolute atomic E-state index is 0.191.